The lowest BCUT2D eigenvalue weighted by atomic mass is 9.82. The number of hydrogen-bond acceptors (Lipinski definition) is 4. The Bertz CT molecular complexity index is 475. The lowest BCUT2D eigenvalue weighted by Crippen LogP contribution is -2.35. The second kappa shape index (κ2) is 5.42. The number of carbonyl (C=O) groups excluding carboxylic acids is 1. The zero-order valence-corrected chi connectivity index (χ0v) is 10.9. The molecule has 0 spiro atoms. The quantitative estimate of drug-likeness (QED) is 0.845. The van der Waals surface area contributed by atoms with Crippen LogP contribution in [0.15, 0.2) is 10.6 Å². The van der Waals surface area contributed by atoms with Gasteiger partial charge in [-0.1, -0.05) is 12.8 Å². The highest BCUT2D eigenvalue weighted by Gasteiger charge is 2.42. The van der Waals surface area contributed by atoms with Crippen LogP contribution in [-0.2, 0) is 16.1 Å². The fraction of sp³-hybridized carbons (Fsp3) is 0.615. The summed E-state index contributed by atoms with van der Waals surface area (Å²) in [4.78, 5) is 27.1. The summed E-state index contributed by atoms with van der Waals surface area (Å²) in [5, 5.41) is 12.0. The van der Waals surface area contributed by atoms with Gasteiger partial charge in [-0.3, -0.25) is 9.59 Å². The van der Waals surface area contributed by atoms with Crippen LogP contribution in [0.5, 0.6) is 0 Å². The Morgan fingerprint density at radius 2 is 2.16 bits per heavy atom. The third-order valence-electron chi connectivity index (χ3n) is 3.62. The molecule has 0 saturated heterocycles. The molecule has 104 valence electrons. The van der Waals surface area contributed by atoms with E-state index >= 15 is 0 Å². The van der Waals surface area contributed by atoms with Crippen molar-refractivity contribution in [3.63, 3.8) is 0 Å². The zero-order chi connectivity index (χ0) is 13.9. The molecule has 1 aliphatic rings. The van der Waals surface area contributed by atoms with Crippen LogP contribution in [0.1, 0.15) is 43.8 Å². The molecule has 19 heavy (non-hydrogen) atoms. The van der Waals surface area contributed by atoms with E-state index in [4.69, 9.17) is 4.42 Å². The number of carboxylic acid groups (broad SMARTS) is 1. The Hall–Kier alpha value is -1.85. The van der Waals surface area contributed by atoms with Gasteiger partial charge in [0.25, 0.3) is 0 Å². The first kappa shape index (κ1) is 13.6. The van der Waals surface area contributed by atoms with Gasteiger partial charge in [0.05, 0.1) is 18.2 Å². The summed E-state index contributed by atoms with van der Waals surface area (Å²) < 4.78 is 5.23. The molecule has 6 heteroatoms. The number of aryl methyl sites for hydroxylation is 1. The number of nitrogens with zero attached hydrogens (tertiary/aromatic N) is 1. The summed E-state index contributed by atoms with van der Waals surface area (Å²) >= 11 is 0. The SMILES string of the molecule is Cc1cnc(CNC(=O)CC2(C(=O)O)CCCC2)o1. The van der Waals surface area contributed by atoms with Gasteiger partial charge in [0.15, 0.2) is 0 Å². The van der Waals surface area contributed by atoms with Gasteiger partial charge in [-0.05, 0) is 19.8 Å². The molecule has 1 amide bonds. The molecule has 1 aromatic heterocycles. The number of hydrogen-bond donors (Lipinski definition) is 2. The molecule has 1 saturated carbocycles. The number of carboxylic acids is 1. The lowest BCUT2D eigenvalue weighted by Gasteiger charge is -2.22. The number of nitrogens with one attached hydrogen (secondary N) is 1. The average Bonchev–Trinajstić information content (AvgIpc) is 2.97. The maximum atomic E-state index is 11.8. The summed E-state index contributed by atoms with van der Waals surface area (Å²) in [5.74, 6) is -0.0176. The maximum absolute atomic E-state index is 11.8. The third-order valence-corrected chi connectivity index (χ3v) is 3.62. The highest BCUT2D eigenvalue weighted by atomic mass is 16.4. The van der Waals surface area contributed by atoms with E-state index in [0.29, 0.717) is 24.5 Å². The molecule has 1 heterocycles. The van der Waals surface area contributed by atoms with E-state index in [1.165, 1.54) is 0 Å². The minimum Gasteiger partial charge on any atom is -0.481 e. The van der Waals surface area contributed by atoms with E-state index in [2.05, 4.69) is 10.3 Å². The zero-order valence-electron chi connectivity index (χ0n) is 10.9. The van der Waals surface area contributed by atoms with Gasteiger partial charge in [0.1, 0.15) is 5.76 Å². The van der Waals surface area contributed by atoms with Crippen molar-refractivity contribution >= 4 is 11.9 Å². The molecule has 0 aromatic carbocycles. The summed E-state index contributed by atoms with van der Waals surface area (Å²) in [5.41, 5.74) is -0.878. The van der Waals surface area contributed by atoms with Crippen molar-refractivity contribution in [3.8, 4) is 0 Å². The van der Waals surface area contributed by atoms with Crippen molar-refractivity contribution in [3.05, 3.63) is 17.8 Å². The van der Waals surface area contributed by atoms with Crippen molar-refractivity contribution in [2.75, 3.05) is 0 Å². The van der Waals surface area contributed by atoms with E-state index < -0.39 is 11.4 Å². The van der Waals surface area contributed by atoms with Crippen molar-refractivity contribution in [2.45, 2.75) is 45.6 Å². The second-order valence-corrected chi connectivity index (χ2v) is 5.11. The minimum atomic E-state index is -0.878. The number of rotatable bonds is 5. The van der Waals surface area contributed by atoms with Crippen LogP contribution in [0.4, 0.5) is 0 Å². The van der Waals surface area contributed by atoms with Crippen LogP contribution in [0, 0.1) is 12.3 Å². The molecule has 0 unspecified atom stereocenters. The van der Waals surface area contributed by atoms with Crippen LogP contribution in [0.25, 0.3) is 0 Å². The van der Waals surface area contributed by atoms with E-state index in [1.54, 1.807) is 13.1 Å². The van der Waals surface area contributed by atoms with Gasteiger partial charge in [-0.2, -0.15) is 0 Å². The normalized spacial score (nSPS) is 17.3. The molecule has 1 aromatic rings. The van der Waals surface area contributed by atoms with E-state index in [-0.39, 0.29) is 18.9 Å². The Balaban J connectivity index is 1.88. The molecule has 1 fully saturated rings. The molecule has 0 atom stereocenters. The van der Waals surface area contributed by atoms with Crippen LogP contribution in [0.2, 0.25) is 0 Å². The third kappa shape index (κ3) is 3.13. The Labute approximate surface area is 111 Å². The number of oxazole rings is 1. The summed E-state index contributed by atoms with van der Waals surface area (Å²) in [6.07, 6.45) is 4.51. The summed E-state index contributed by atoms with van der Waals surface area (Å²) in [7, 11) is 0. The lowest BCUT2D eigenvalue weighted by molar-refractivity contribution is -0.151. The average molecular weight is 266 g/mol. The molecular weight excluding hydrogens is 248 g/mol. The first-order valence-corrected chi connectivity index (χ1v) is 6.43. The van der Waals surface area contributed by atoms with E-state index in [0.717, 1.165) is 12.8 Å². The number of carbonyl (C=O) groups is 2. The predicted octanol–water partition coefficient (Wildman–Crippen LogP) is 1.63. The van der Waals surface area contributed by atoms with Crippen LogP contribution >= 0.6 is 0 Å². The number of aliphatic carboxylic acids is 1. The molecule has 2 rings (SSSR count). The smallest absolute Gasteiger partial charge is 0.310 e. The first-order valence-electron chi connectivity index (χ1n) is 6.43. The fourth-order valence-electron chi connectivity index (χ4n) is 2.55. The Morgan fingerprint density at radius 1 is 1.47 bits per heavy atom. The van der Waals surface area contributed by atoms with Gasteiger partial charge in [-0.15, -0.1) is 0 Å². The fourth-order valence-corrected chi connectivity index (χ4v) is 2.55. The molecule has 1 aliphatic carbocycles. The van der Waals surface area contributed by atoms with E-state index in [1.807, 2.05) is 0 Å². The van der Waals surface area contributed by atoms with Gasteiger partial charge in [0.2, 0.25) is 11.8 Å². The van der Waals surface area contributed by atoms with Crippen molar-refractivity contribution in [1.29, 1.82) is 0 Å². The van der Waals surface area contributed by atoms with Crippen LogP contribution < -0.4 is 5.32 Å². The minimum absolute atomic E-state index is 0.0298. The molecule has 0 aliphatic heterocycles. The largest absolute Gasteiger partial charge is 0.481 e. The number of amides is 1. The molecular formula is C13H18N2O4. The standard InChI is InChI=1S/C13H18N2O4/c1-9-7-15-11(19-9)8-14-10(16)6-13(12(17)18)4-2-3-5-13/h7H,2-6,8H2,1H3,(H,14,16)(H,17,18). The molecule has 6 nitrogen and oxygen atoms in total. The van der Waals surface area contributed by atoms with Crippen molar-refractivity contribution in [2.24, 2.45) is 5.41 Å². The first-order chi connectivity index (χ1) is 9.02. The molecule has 2 N–H and O–H groups in total. The number of aromatic nitrogens is 1. The van der Waals surface area contributed by atoms with Gasteiger partial charge < -0.3 is 14.8 Å². The van der Waals surface area contributed by atoms with E-state index in [9.17, 15) is 14.7 Å². The van der Waals surface area contributed by atoms with Crippen LogP contribution in [-0.4, -0.2) is 22.0 Å². The highest BCUT2D eigenvalue weighted by Crippen LogP contribution is 2.41. The van der Waals surface area contributed by atoms with Crippen LogP contribution in [0.3, 0.4) is 0 Å². The monoisotopic (exact) mass is 266 g/mol. The molecule has 0 bridgehead atoms. The highest BCUT2D eigenvalue weighted by molar-refractivity contribution is 5.85. The van der Waals surface area contributed by atoms with Gasteiger partial charge in [-0.25, -0.2) is 4.98 Å². The summed E-state index contributed by atoms with van der Waals surface area (Å²) in [6.45, 7) is 1.97. The predicted molar refractivity (Wildman–Crippen MR) is 66.2 cm³/mol. The Morgan fingerprint density at radius 3 is 2.68 bits per heavy atom. The van der Waals surface area contributed by atoms with Crippen molar-refractivity contribution < 1.29 is 19.1 Å². The second-order valence-electron chi connectivity index (χ2n) is 5.11. The summed E-state index contributed by atoms with van der Waals surface area (Å²) in [6, 6.07) is 0. The van der Waals surface area contributed by atoms with Crippen molar-refractivity contribution in [1.82, 2.24) is 10.3 Å². The Kier molecular flexibility index (Phi) is 3.87. The topological polar surface area (TPSA) is 92.4 Å². The molecule has 0 radical (unpaired) electrons. The van der Waals surface area contributed by atoms with Gasteiger partial charge >= 0.3 is 5.97 Å². The maximum Gasteiger partial charge on any atom is 0.310 e. The van der Waals surface area contributed by atoms with Gasteiger partial charge in [0, 0.05) is 6.42 Å².